The Balaban J connectivity index is 2.03. The molecule has 0 spiro atoms. The fourth-order valence-electron chi connectivity index (χ4n) is 2.58. The fraction of sp³-hybridized carbons (Fsp3) is 0.529. The van der Waals surface area contributed by atoms with Crippen LogP contribution in [0.15, 0.2) is 12.1 Å². The van der Waals surface area contributed by atoms with Gasteiger partial charge in [0.15, 0.2) is 18.1 Å². The fourth-order valence-corrected chi connectivity index (χ4v) is 2.58. The average molecular weight is 382 g/mol. The maximum absolute atomic E-state index is 12.2. The number of nitro benzene ring substituents is 1. The molecule has 0 unspecified atom stereocenters. The lowest BCUT2D eigenvalue weighted by molar-refractivity contribution is -0.385. The van der Waals surface area contributed by atoms with Gasteiger partial charge in [-0.05, 0) is 19.8 Å². The number of ether oxygens (including phenoxy) is 4. The zero-order chi connectivity index (χ0) is 19.8. The van der Waals surface area contributed by atoms with Crippen LogP contribution in [0.25, 0.3) is 0 Å². The Hall–Kier alpha value is -2.88. The zero-order valence-corrected chi connectivity index (χ0v) is 15.2. The van der Waals surface area contributed by atoms with Crippen LogP contribution in [0, 0.1) is 10.1 Å². The second kappa shape index (κ2) is 9.72. The SMILES string of the molecule is CCOc1cc([N+](=O)[O-])c(C(=O)OCC(=O)NC[C@H]2CCCO2)cc1OC. The highest BCUT2D eigenvalue weighted by Crippen LogP contribution is 2.35. The molecule has 0 aromatic heterocycles. The first-order valence-corrected chi connectivity index (χ1v) is 8.50. The maximum atomic E-state index is 12.2. The topological polar surface area (TPSA) is 126 Å². The number of nitrogens with zero attached hydrogens (tertiary/aromatic N) is 1. The molecule has 0 radical (unpaired) electrons. The molecule has 0 bridgehead atoms. The minimum atomic E-state index is -1.00. The second-order valence-electron chi connectivity index (χ2n) is 5.73. The van der Waals surface area contributed by atoms with Crippen LogP contribution >= 0.6 is 0 Å². The Kier molecular flexibility index (Phi) is 7.35. The van der Waals surface area contributed by atoms with Crippen molar-refractivity contribution in [1.82, 2.24) is 5.32 Å². The lowest BCUT2D eigenvalue weighted by Crippen LogP contribution is -2.34. The summed E-state index contributed by atoms with van der Waals surface area (Å²) in [5.41, 5.74) is -0.823. The van der Waals surface area contributed by atoms with Gasteiger partial charge in [0, 0.05) is 19.2 Å². The zero-order valence-electron chi connectivity index (χ0n) is 15.2. The Labute approximate surface area is 155 Å². The Morgan fingerprint density at radius 3 is 2.74 bits per heavy atom. The van der Waals surface area contributed by atoms with Gasteiger partial charge in [-0.2, -0.15) is 0 Å². The van der Waals surface area contributed by atoms with Crippen LogP contribution in [-0.4, -0.2) is 56.4 Å². The molecule has 0 saturated carbocycles. The molecule has 2 rings (SSSR count). The van der Waals surface area contributed by atoms with Crippen molar-refractivity contribution in [1.29, 1.82) is 0 Å². The number of carbonyl (C=O) groups excluding carboxylic acids is 2. The van der Waals surface area contributed by atoms with Gasteiger partial charge in [-0.1, -0.05) is 0 Å². The highest BCUT2D eigenvalue weighted by Gasteiger charge is 2.26. The van der Waals surface area contributed by atoms with E-state index in [4.69, 9.17) is 18.9 Å². The van der Waals surface area contributed by atoms with E-state index in [1.165, 1.54) is 7.11 Å². The quantitative estimate of drug-likeness (QED) is 0.386. The molecule has 1 aliphatic rings. The average Bonchev–Trinajstić information content (AvgIpc) is 3.17. The van der Waals surface area contributed by atoms with Crippen LogP contribution in [0.1, 0.15) is 30.1 Å². The molecule has 1 saturated heterocycles. The van der Waals surface area contributed by atoms with E-state index in [1.807, 2.05) is 0 Å². The number of hydrogen-bond acceptors (Lipinski definition) is 8. The molecule has 1 amide bonds. The third kappa shape index (κ3) is 5.55. The van der Waals surface area contributed by atoms with E-state index in [-0.39, 0.29) is 29.8 Å². The third-order valence-electron chi connectivity index (χ3n) is 3.88. The van der Waals surface area contributed by atoms with Crippen molar-refractivity contribution < 1.29 is 33.5 Å². The standard InChI is InChI=1S/C17H22N2O8/c1-3-25-15-8-13(19(22)23)12(7-14(15)24-2)17(21)27-10-16(20)18-9-11-5-4-6-26-11/h7-8,11H,3-6,9-10H2,1-2H3,(H,18,20)/t11-/m1/s1. The Morgan fingerprint density at radius 2 is 2.15 bits per heavy atom. The second-order valence-corrected chi connectivity index (χ2v) is 5.73. The number of carbonyl (C=O) groups is 2. The van der Waals surface area contributed by atoms with Gasteiger partial charge in [0.25, 0.3) is 11.6 Å². The number of methoxy groups -OCH3 is 1. The molecule has 27 heavy (non-hydrogen) atoms. The number of nitrogens with one attached hydrogen (secondary N) is 1. The van der Waals surface area contributed by atoms with Crippen LogP contribution in [0.3, 0.4) is 0 Å². The Bertz CT molecular complexity index is 700. The number of rotatable bonds is 9. The minimum Gasteiger partial charge on any atom is -0.493 e. The summed E-state index contributed by atoms with van der Waals surface area (Å²) >= 11 is 0. The summed E-state index contributed by atoms with van der Waals surface area (Å²) in [5.74, 6) is -1.23. The van der Waals surface area contributed by atoms with Crippen LogP contribution in [-0.2, 0) is 14.3 Å². The van der Waals surface area contributed by atoms with E-state index in [0.29, 0.717) is 13.2 Å². The Morgan fingerprint density at radius 1 is 1.37 bits per heavy atom. The van der Waals surface area contributed by atoms with Crippen LogP contribution < -0.4 is 14.8 Å². The predicted molar refractivity (Wildman–Crippen MR) is 93.1 cm³/mol. The highest BCUT2D eigenvalue weighted by molar-refractivity contribution is 5.96. The normalized spacial score (nSPS) is 15.9. The van der Waals surface area contributed by atoms with Crippen LogP contribution in [0.4, 0.5) is 5.69 Å². The number of amides is 1. The molecular formula is C17H22N2O8. The monoisotopic (exact) mass is 382 g/mol. The van der Waals surface area contributed by atoms with Crippen molar-refractivity contribution in [3.8, 4) is 11.5 Å². The summed E-state index contributed by atoms with van der Waals surface area (Å²) in [6.07, 6.45) is 1.76. The summed E-state index contributed by atoms with van der Waals surface area (Å²) in [7, 11) is 1.34. The first-order valence-electron chi connectivity index (χ1n) is 8.50. The largest absolute Gasteiger partial charge is 0.493 e. The maximum Gasteiger partial charge on any atom is 0.345 e. The molecule has 0 aliphatic carbocycles. The highest BCUT2D eigenvalue weighted by atomic mass is 16.6. The van der Waals surface area contributed by atoms with Crippen molar-refractivity contribution in [2.45, 2.75) is 25.9 Å². The summed E-state index contributed by atoms with van der Waals surface area (Å²) in [4.78, 5) is 34.6. The van der Waals surface area contributed by atoms with E-state index >= 15 is 0 Å². The van der Waals surface area contributed by atoms with Gasteiger partial charge in [-0.3, -0.25) is 14.9 Å². The molecule has 148 valence electrons. The number of nitro groups is 1. The van der Waals surface area contributed by atoms with Gasteiger partial charge in [0.2, 0.25) is 0 Å². The molecule has 1 aliphatic heterocycles. The van der Waals surface area contributed by atoms with E-state index in [9.17, 15) is 19.7 Å². The molecule has 1 aromatic rings. The van der Waals surface area contributed by atoms with Crippen molar-refractivity contribution in [3.05, 3.63) is 27.8 Å². The number of hydrogen-bond donors (Lipinski definition) is 1. The summed E-state index contributed by atoms with van der Waals surface area (Å²) in [6.45, 7) is 2.41. The van der Waals surface area contributed by atoms with Gasteiger partial charge < -0.3 is 24.3 Å². The van der Waals surface area contributed by atoms with Crippen molar-refractivity contribution in [2.24, 2.45) is 0 Å². The van der Waals surface area contributed by atoms with Crippen LogP contribution in [0.5, 0.6) is 11.5 Å². The van der Waals surface area contributed by atoms with Gasteiger partial charge >= 0.3 is 5.97 Å². The van der Waals surface area contributed by atoms with Crippen molar-refractivity contribution in [2.75, 3.05) is 33.5 Å². The van der Waals surface area contributed by atoms with E-state index in [0.717, 1.165) is 25.0 Å². The van der Waals surface area contributed by atoms with Crippen molar-refractivity contribution in [3.63, 3.8) is 0 Å². The molecule has 10 heteroatoms. The number of benzene rings is 1. The number of esters is 1. The first kappa shape index (κ1) is 20.4. The molecule has 1 atom stereocenters. The predicted octanol–water partition coefficient (Wildman–Crippen LogP) is 1.45. The molecule has 1 fully saturated rings. The minimum absolute atomic E-state index is 0.0406. The lowest BCUT2D eigenvalue weighted by Gasteiger charge is -2.12. The summed E-state index contributed by atoms with van der Waals surface area (Å²) in [6, 6.07) is 2.26. The first-order chi connectivity index (χ1) is 13.0. The molecule has 1 aromatic carbocycles. The molecule has 1 N–H and O–H groups in total. The van der Waals surface area contributed by atoms with E-state index < -0.39 is 29.1 Å². The van der Waals surface area contributed by atoms with Crippen molar-refractivity contribution >= 4 is 17.6 Å². The smallest absolute Gasteiger partial charge is 0.345 e. The summed E-state index contributed by atoms with van der Waals surface area (Å²) in [5, 5.41) is 13.9. The molecule has 10 nitrogen and oxygen atoms in total. The molecular weight excluding hydrogens is 360 g/mol. The van der Waals surface area contributed by atoms with E-state index in [2.05, 4.69) is 5.32 Å². The van der Waals surface area contributed by atoms with Gasteiger partial charge in [-0.15, -0.1) is 0 Å². The molecule has 1 heterocycles. The lowest BCUT2D eigenvalue weighted by atomic mass is 10.1. The van der Waals surface area contributed by atoms with Gasteiger partial charge in [-0.25, -0.2) is 4.79 Å². The summed E-state index contributed by atoms with van der Waals surface area (Å²) < 4.78 is 20.6. The van der Waals surface area contributed by atoms with Gasteiger partial charge in [0.1, 0.15) is 5.56 Å². The third-order valence-corrected chi connectivity index (χ3v) is 3.88. The van der Waals surface area contributed by atoms with E-state index in [1.54, 1.807) is 6.92 Å². The van der Waals surface area contributed by atoms with Crippen LogP contribution in [0.2, 0.25) is 0 Å². The van der Waals surface area contributed by atoms with Gasteiger partial charge in [0.05, 0.1) is 30.8 Å².